The molecule has 8 heteroatoms. The molecule has 0 aliphatic carbocycles. The van der Waals surface area contributed by atoms with E-state index in [4.69, 9.17) is 0 Å². The molecule has 5 rings (SSSR count). The summed E-state index contributed by atoms with van der Waals surface area (Å²) in [6.07, 6.45) is 5.57. The second-order valence-electron chi connectivity index (χ2n) is 7.22. The first-order valence-corrected chi connectivity index (χ1v) is 11.9. The monoisotopic (exact) mass is 457 g/mol. The average molecular weight is 458 g/mol. The summed E-state index contributed by atoms with van der Waals surface area (Å²) in [5, 5.41) is 5.01. The third-order valence-corrected chi connectivity index (χ3v) is 7.06. The van der Waals surface area contributed by atoms with E-state index in [1.807, 2.05) is 78.3 Å². The van der Waals surface area contributed by atoms with Gasteiger partial charge >= 0.3 is 0 Å². The van der Waals surface area contributed by atoms with Gasteiger partial charge < -0.3 is 5.32 Å². The van der Waals surface area contributed by atoms with Crippen LogP contribution in [0, 0.1) is 6.92 Å². The maximum Gasteiger partial charge on any atom is 0.255 e. The molecule has 0 saturated heterocycles. The number of imidazole rings is 1. The van der Waals surface area contributed by atoms with Crippen LogP contribution in [0.4, 0.5) is 5.69 Å². The molecular formula is C24H19N5OS2. The highest BCUT2D eigenvalue weighted by molar-refractivity contribution is 8.00. The highest BCUT2D eigenvalue weighted by Crippen LogP contribution is 2.26. The Kier molecular flexibility index (Phi) is 5.70. The number of thiazole rings is 1. The Labute approximate surface area is 193 Å². The average Bonchev–Trinajstić information content (AvgIpc) is 3.44. The highest BCUT2D eigenvalue weighted by Gasteiger charge is 2.09. The van der Waals surface area contributed by atoms with Gasteiger partial charge in [0.1, 0.15) is 4.34 Å². The molecule has 0 radical (unpaired) electrons. The fourth-order valence-corrected chi connectivity index (χ4v) is 5.00. The largest absolute Gasteiger partial charge is 0.322 e. The first-order valence-electron chi connectivity index (χ1n) is 9.99. The third-order valence-electron chi connectivity index (χ3n) is 4.85. The number of hydrogen-bond acceptors (Lipinski definition) is 6. The Morgan fingerprint density at radius 2 is 1.91 bits per heavy atom. The summed E-state index contributed by atoms with van der Waals surface area (Å²) in [5.74, 6) is 1.35. The summed E-state index contributed by atoms with van der Waals surface area (Å²) < 4.78 is 2.94. The highest BCUT2D eigenvalue weighted by atomic mass is 32.2. The van der Waals surface area contributed by atoms with E-state index in [1.165, 1.54) is 0 Å². The lowest BCUT2D eigenvalue weighted by Crippen LogP contribution is -2.11. The molecule has 0 fully saturated rings. The number of aromatic nitrogens is 4. The fourth-order valence-electron chi connectivity index (χ4n) is 3.19. The van der Waals surface area contributed by atoms with Crippen LogP contribution in [0.5, 0.6) is 0 Å². The molecule has 32 heavy (non-hydrogen) atoms. The number of nitrogens with one attached hydrogen (secondary N) is 1. The number of anilines is 1. The molecule has 3 aromatic heterocycles. The maximum atomic E-state index is 12.6. The van der Waals surface area contributed by atoms with Crippen LogP contribution in [0.1, 0.15) is 21.6 Å². The van der Waals surface area contributed by atoms with Gasteiger partial charge in [-0.1, -0.05) is 36.0 Å². The number of nitrogens with zero attached hydrogens (tertiary/aromatic N) is 4. The van der Waals surface area contributed by atoms with Gasteiger partial charge in [0.2, 0.25) is 5.78 Å². The summed E-state index contributed by atoms with van der Waals surface area (Å²) >= 11 is 3.37. The summed E-state index contributed by atoms with van der Waals surface area (Å²) in [4.78, 5) is 25.9. The Morgan fingerprint density at radius 1 is 1.09 bits per heavy atom. The van der Waals surface area contributed by atoms with E-state index in [2.05, 4.69) is 25.6 Å². The minimum Gasteiger partial charge on any atom is -0.322 e. The number of thioether (sulfide) groups is 1. The van der Waals surface area contributed by atoms with Gasteiger partial charge in [0.05, 0.1) is 5.69 Å². The number of aryl methyl sites for hydroxylation is 1. The van der Waals surface area contributed by atoms with E-state index in [1.54, 1.807) is 29.3 Å². The molecule has 0 unspecified atom stereocenters. The van der Waals surface area contributed by atoms with Gasteiger partial charge in [-0.2, -0.15) is 0 Å². The van der Waals surface area contributed by atoms with Crippen LogP contribution in [0.2, 0.25) is 0 Å². The van der Waals surface area contributed by atoms with Crippen molar-refractivity contribution < 1.29 is 4.79 Å². The van der Waals surface area contributed by atoms with Crippen molar-refractivity contribution in [3.05, 3.63) is 95.4 Å². The predicted octanol–water partition coefficient (Wildman–Crippen LogP) is 5.71. The first-order chi connectivity index (χ1) is 15.6. The summed E-state index contributed by atoms with van der Waals surface area (Å²) in [6.45, 7) is 2.00. The van der Waals surface area contributed by atoms with Crippen LogP contribution >= 0.6 is 23.1 Å². The summed E-state index contributed by atoms with van der Waals surface area (Å²) in [5.41, 5.74) is 5.37. The van der Waals surface area contributed by atoms with Crippen LogP contribution in [-0.2, 0) is 5.75 Å². The lowest BCUT2D eigenvalue weighted by molar-refractivity contribution is 0.102. The number of carbonyl (C=O) groups is 1. The molecule has 2 aromatic carbocycles. The molecule has 1 amide bonds. The smallest absolute Gasteiger partial charge is 0.255 e. The zero-order chi connectivity index (χ0) is 21.9. The number of hydrogen-bond donors (Lipinski definition) is 1. The SMILES string of the molecule is Cc1csc(SCc2ccc(C(=O)Nc3ccc(-c4cn5cccnc5n4)cc3)cc2)n1. The van der Waals surface area contributed by atoms with Crippen molar-refractivity contribution in [2.24, 2.45) is 0 Å². The van der Waals surface area contributed by atoms with Gasteiger partial charge in [0, 0.05) is 52.2 Å². The lowest BCUT2D eigenvalue weighted by Gasteiger charge is -2.07. The third kappa shape index (κ3) is 4.56. The van der Waals surface area contributed by atoms with Gasteiger partial charge in [-0.15, -0.1) is 11.3 Å². The molecular weight excluding hydrogens is 438 g/mol. The number of benzene rings is 2. The minimum absolute atomic E-state index is 0.135. The van der Waals surface area contributed by atoms with Gasteiger partial charge in [0.25, 0.3) is 5.91 Å². The molecule has 0 atom stereocenters. The number of rotatable bonds is 6. The summed E-state index contributed by atoms with van der Waals surface area (Å²) in [6, 6.07) is 17.2. The molecule has 0 aliphatic rings. The standard InChI is InChI=1S/C24H19N5OS2/c1-16-14-31-24(26-16)32-15-17-3-5-19(6-4-17)22(30)27-20-9-7-18(8-10-20)21-13-29-12-2-11-25-23(29)28-21/h2-14H,15H2,1H3,(H,27,30). The first kappa shape index (κ1) is 20.4. The predicted molar refractivity (Wildman–Crippen MR) is 129 cm³/mol. The Hall–Kier alpha value is -3.49. The second kappa shape index (κ2) is 8.94. The van der Waals surface area contributed by atoms with Crippen molar-refractivity contribution in [1.29, 1.82) is 0 Å². The summed E-state index contributed by atoms with van der Waals surface area (Å²) in [7, 11) is 0. The van der Waals surface area contributed by atoms with E-state index in [9.17, 15) is 4.79 Å². The van der Waals surface area contributed by atoms with Crippen molar-refractivity contribution in [3.8, 4) is 11.3 Å². The van der Waals surface area contributed by atoms with Crippen LogP contribution in [0.25, 0.3) is 17.0 Å². The minimum atomic E-state index is -0.135. The molecule has 0 aliphatic heterocycles. The van der Waals surface area contributed by atoms with E-state index >= 15 is 0 Å². The van der Waals surface area contributed by atoms with Crippen molar-refractivity contribution in [2.45, 2.75) is 17.0 Å². The van der Waals surface area contributed by atoms with Crippen LogP contribution < -0.4 is 5.32 Å². The topological polar surface area (TPSA) is 72.2 Å². The molecule has 1 N–H and O–H groups in total. The van der Waals surface area contributed by atoms with Crippen LogP contribution in [0.3, 0.4) is 0 Å². The number of fused-ring (bicyclic) bond motifs is 1. The maximum absolute atomic E-state index is 12.6. The van der Waals surface area contributed by atoms with Gasteiger partial charge in [-0.25, -0.2) is 15.0 Å². The Balaban J connectivity index is 1.21. The number of amides is 1. The molecule has 0 bridgehead atoms. The van der Waals surface area contributed by atoms with Crippen molar-refractivity contribution >= 4 is 40.5 Å². The van der Waals surface area contributed by atoms with E-state index in [0.717, 1.165) is 38.3 Å². The van der Waals surface area contributed by atoms with Crippen LogP contribution in [0.15, 0.2) is 82.9 Å². The zero-order valence-corrected chi connectivity index (χ0v) is 18.9. The molecule has 5 aromatic rings. The molecule has 3 heterocycles. The Morgan fingerprint density at radius 3 is 2.62 bits per heavy atom. The Bertz CT molecular complexity index is 1340. The van der Waals surface area contributed by atoms with Gasteiger partial charge in [-0.05, 0) is 42.8 Å². The molecule has 0 spiro atoms. The fraction of sp³-hybridized carbons (Fsp3) is 0.0833. The van der Waals surface area contributed by atoms with Crippen molar-refractivity contribution in [3.63, 3.8) is 0 Å². The molecule has 158 valence electrons. The van der Waals surface area contributed by atoms with E-state index in [0.29, 0.717) is 11.3 Å². The van der Waals surface area contributed by atoms with E-state index in [-0.39, 0.29) is 5.91 Å². The number of carbonyl (C=O) groups excluding carboxylic acids is 1. The molecule has 6 nitrogen and oxygen atoms in total. The van der Waals surface area contributed by atoms with Crippen molar-refractivity contribution in [1.82, 2.24) is 19.4 Å². The lowest BCUT2D eigenvalue weighted by atomic mass is 10.1. The van der Waals surface area contributed by atoms with Crippen LogP contribution in [-0.4, -0.2) is 25.3 Å². The van der Waals surface area contributed by atoms with Crippen molar-refractivity contribution in [2.75, 3.05) is 5.32 Å². The second-order valence-corrected chi connectivity index (χ2v) is 9.31. The normalized spacial score (nSPS) is 11.0. The quantitative estimate of drug-likeness (QED) is 0.331. The van der Waals surface area contributed by atoms with Gasteiger partial charge in [-0.3, -0.25) is 9.20 Å². The van der Waals surface area contributed by atoms with E-state index < -0.39 is 0 Å². The zero-order valence-electron chi connectivity index (χ0n) is 17.2. The molecule has 0 saturated carbocycles. The van der Waals surface area contributed by atoms with Gasteiger partial charge in [0.15, 0.2) is 0 Å².